The van der Waals surface area contributed by atoms with Crippen LogP contribution in [0.3, 0.4) is 0 Å². The first kappa shape index (κ1) is 50.6. The normalized spacial score (nSPS) is 22.0. The Bertz CT molecular complexity index is 1820. The number of rotatable bonds is 21. The molecule has 3 heterocycles. The number of nitrogens with zero attached hydrogens (tertiary/aromatic N) is 4. The SMILES string of the molecule is C[C-](C(=O)SCCNC(=O)CCNC(=O)C(O)C(C)(C)COP(=O)([O-])OP(=O)([O-])OCC1OC(n2cnc3c(N)ncnc32)C(O)C1OP(=O)([O-])[O-])[C@H](C)N.[Y]. The quantitative estimate of drug-likeness (QED) is 0.0395. The number of aromatic nitrogens is 4. The Balaban J connectivity index is 0.0000108. The van der Waals surface area contributed by atoms with E-state index < -0.39 is 90.6 Å². The van der Waals surface area contributed by atoms with Crippen LogP contribution in [0.1, 0.15) is 40.3 Å². The number of hydrogen-bond donors (Lipinski definition) is 6. The zero-order valence-electron chi connectivity index (χ0n) is 30.2. The predicted octanol–water partition coefficient (Wildman–Crippen LogP) is -3.92. The third kappa shape index (κ3) is 14.9. The van der Waals surface area contributed by atoms with Gasteiger partial charge in [0.2, 0.25) is 11.8 Å². The van der Waals surface area contributed by atoms with Crippen molar-refractivity contribution in [2.45, 2.75) is 70.8 Å². The molecule has 2 aromatic rings. The standard InChI is InChI=1S/C26H44N8O17P3S.Y/c1-13(14(2)27)25(39)55-8-7-29-16(35)5-6-30-23(38)20(37)26(3,4)10-48-54(45,46)51-53(43,44)47-9-15-19(50-52(40,41)42)18(36)24(49-15)34-12-33-17-21(28)31-11-32-22(17)34;/h11-12,14-15,18-20,24,36-37H,5-10,27H2,1-4H3,(H,29,35)(H,30,38)(H,43,44)(H,45,46)(H2,28,31,32)(H2,40,41,42);/q-1;/p-4/t14-,15?,18?,19?,20?,24?;/m0./s1. The molecule has 1 fully saturated rings. The number of hydrogen-bond acceptors (Lipinski definition) is 23. The predicted molar refractivity (Wildman–Crippen MR) is 181 cm³/mol. The fraction of sp³-hybridized carbons (Fsp3) is 0.654. The van der Waals surface area contributed by atoms with Crippen molar-refractivity contribution in [2.24, 2.45) is 11.1 Å². The van der Waals surface area contributed by atoms with Gasteiger partial charge in [0.1, 0.15) is 36.3 Å². The van der Waals surface area contributed by atoms with E-state index in [1.807, 2.05) is 0 Å². The maximum absolute atomic E-state index is 12.5. The number of anilines is 1. The summed E-state index contributed by atoms with van der Waals surface area (Å²) in [5.41, 5.74) is 9.70. The maximum Gasteiger partial charge on any atom is 0.274 e. The number of carbonyl (C=O) groups excluding carboxylic acids is 3. The zero-order valence-corrected chi connectivity index (χ0v) is 36.5. The Morgan fingerprint density at radius 1 is 1.11 bits per heavy atom. The van der Waals surface area contributed by atoms with Gasteiger partial charge in [-0.1, -0.05) is 20.8 Å². The van der Waals surface area contributed by atoms with Crippen molar-refractivity contribution in [3.63, 3.8) is 0 Å². The minimum atomic E-state index is -5.92. The van der Waals surface area contributed by atoms with Crippen molar-refractivity contribution in [1.29, 1.82) is 0 Å². The van der Waals surface area contributed by atoms with Gasteiger partial charge in [0, 0.05) is 63.4 Å². The average molecular weight is 951 g/mol. The summed E-state index contributed by atoms with van der Waals surface area (Å²) in [6.45, 7) is 3.29. The first-order valence-electron chi connectivity index (χ1n) is 15.9. The van der Waals surface area contributed by atoms with Crippen LogP contribution in [-0.4, -0.2) is 109 Å². The van der Waals surface area contributed by atoms with Gasteiger partial charge in [0.05, 0.1) is 32.5 Å². The van der Waals surface area contributed by atoms with E-state index in [1.165, 1.54) is 13.8 Å². The molecule has 7 unspecified atom stereocenters. The maximum atomic E-state index is 12.5. The number of nitrogens with two attached hydrogens (primary N) is 2. The molecule has 0 bridgehead atoms. The number of imidazole rings is 1. The van der Waals surface area contributed by atoms with E-state index in [9.17, 15) is 57.9 Å². The molecule has 3 rings (SSSR count). The molecule has 0 saturated carbocycles. The number of thioether (sulfide) groups is 1. The Labute approximate surface area is 349 Å². The molecule has 56 heavy (non-hydrogen) atoms. The van der Waals surface area contributed by atoms with Crippen LogP contribution in [0.25, 0.3) is 11.2 Å². The number of amides is 2. The van der Waals surface area contributed by atoms with Crippen molar-refractivity contribution in [1.82, 2.24) is 30.2 Å². The molecule has 30 heteroatoms. The number of ether oxygens (including phenoxy) is 1. The third-order valence-corrected chi connectivity index (χ3v) is 11.7. The van der Waals surface area contributed by atoms with Crippen molar-refractivity contribution in [3.05, 3.63) is 18.6 Å². The van der Waals surface area contributed by atoms with E-state index >= 15 is 0 Å². The summed E-state index contributed by atoms with van der Waals surface area (Å²) in [6, 6.07) is -0.404. The third-order valence-electron chi connectivity index (χ3n) is 7.72. The monoisotopic (exact) mass is 950 g/mol. The molecule has 0 aromatic carbocycles. The molecular formula is C26H40N8O17P3SY-5. The van der Waals surface area contributed by atoms with Crippen molar-refractivity contribution in [2.75, 3.05) is 37.8 Å². The van der Waals surface area contributed by atoms with E-state index in [0.717, 1.165) is 29.0 Å². The first-order chi connectivity index (χ1) is 25.3. The second kappa shape index (κ2) is 21.1. The second-order valence-electron chi connectivity index (χ2n) is 12.6. The van der Waals surface area contributed by atoms with Crippen LogP contribution in [0.4, 0.5) is 5.82 Å². The van der Waals surface area contributed by atoms with Crippen LogP contribution in [-0.2, 0) is 83.4 Å². The summed E-state index contributed by atoms with van der Waals surface area (Å²) in [7, 11) is -17.6. The van der Waals surface area contributed by atoms with Gasteiger partial charge in [-0.25, -0.2) is 19.3 Å². The summed E-state index contributed by atoms with van der Waals surface area (Å²) < 4.78 is 60.4. The first-order valence-corrected chi connectivity index (χ1v) is 21.3. The number of fused-ring (bicyclic) bond motifs is 1. The summed E-state index contributed by atoms with van der Waals surface area (Å²) in [6.07, 6.45) is -7.63. The molecule has 315 valence electrons. The summed E-state index contributed by atoms with van der Waals surface area (Å²) in [5.74, 6) is -0.832. The fourth-order valence-corrected chi connectivity index (χ4v) is 8.09. The van der Waals surface area contributed by atoms with Crippen LogP contribution in [0.2, 0.25) is 0 Å². The van der Waals surface area contributed by atoms with E-state index in [0.29, 0.717) is 5.92 Å². The summed E-state index contributed by atoms with van der Waals surface area (Å²) in [5, 5.41) is 25.9. The topological polar surface area (TPSA) is 401 Å². The van der Waals surface area contributed by atoms with Crippen LogP contribution in [0.5, 0.6) is 0 Å². The van der Waals surface area contributed by atoms with Gasteiger partial charge in [-0.15, -0.1) is 17.8 Å². The van der Waals surface area contributed by atoms with E-state index in [2.05, 4.69) is 43.5 Å². The zero-order chi connectivity index (χ0) is 41.5. The number of phosphoric ester groups is 3. The minimum absolute atomic E-state index is 0. The number of aliphatic hydroxyl groups is 2. The molecule has 8 N–H and O–H groups in total. The van der Waals surface area contributed by atoms with Crippen LogP contribution in [0.15, 0.2) is 12.7 Å². The van der Waals surface area contributed by atoms with Crippen LogP contribution in [0, 0.1) is 11.3 Å². The van der Waals surface area contributed by atoms with Gasteiger partial charge in [0.15, 0.2) is 17.7 Å². The Morgan fingerprint density at radius 2 is 1.75 bits per heavy atom. The van der Waals surface area contributed by atoms with Gasteiger partial charge in [-0.3, -0.25) is 29.2 Å². The molecule has 25 nitrogen and oxygen atoms in total. The average Bonchev–Trinajstić information content (AvgIpc) is 3.64. The van der Waals surface area contributed by atoms with Gasteiger partial charge in [0.25, 0.3) is 15.6 Å². The molecule has 1 aliphatic heterocycles. The second-order valence-corrected chi connectivity index (χ2v) is 17.7. The Kier molecular flexibility index (Phi) is 19.1. The molecule has 2 aromatic heterocycles. The molecule has 1 aliphatic rings. The van der Waals surface area contributed by atoms with Crippen molar-refractivity contribution >= 4 is 69.1 Å². The van der Waals surface area contributed by atoms with E-state index in [-0.39, 0.29) is 80.1 Å². The smallest absolute Gasteiger partial charge is 0.274 e. The summed E-state index contributed by atoms with van der Waals surface area (Å²) >= 11 is 0.978. The number of carbonyl (C=O) groups is 3. The Hall–Kier alpha value is -1.51. The van der Waals surface area contributed by atoms with E-state index in [1.54, 1.807) is 13.8 Å². The van der Waals surface area contributed by atoms with Gasteiger partial charge in [-0.2, -0.15) is 6.92 Å². The van der Waals surface area contributed by atoms with Crippen molar-refractivity contribution in [3.8, 4) is 0 Å². The molecule has 2 amide bonds. The van der Waals surface area contributed by atoms with Gasteiger partial charge >= 0.3 is 0 Å². The number of aliphatic hydroxyl groups excluding tert-OH is 2. The number of nitrogens with one attached hydrogen (secondary N) is 2. The van der Waals surface area contributed by atoms with E-state index in [4.69, 9.17) is 16.2 Å². The summed E-state index contributed by atoms with van der Waals surface area (Å²) in [4.78, 5) is 95.8. The van der Waals surface area contributed by atoms with Gasteiger partial charge in [-0.05, 0) is 0 Å². The molecule has 1 radical (unpaired) electrons. The molecule has 0 aliphatic carbocycles. The largest absolute Gasteiger partial charge is 0.790 e. The number of nitrogen functional groups attached to an aromatic ring is 1. The molecule has 1 saturated heterocycles. The van der Waals surface area contributed by atoms with Crippen molar-refractivity contribution < 1.29 is 113 Å². The molecular weight excluding hydrogens is 910 g/mol. The molecule has 8 atom stereocenters. The molecule has 0 spiro atoms. The van der Waals surface area contributed by atoms with Crippen LogP contribution < -0.4 is 41.7 Å². The van der Waals surface area contributed by atoms with Crippen LogP contribution >= 0.6 is 35.2 Å². The fourth-order valence-electron chi connectivity index (χ4n) is 4.55. The van der Waals surface area contributed by atoms with Gasteiger partial charge < -0.3 is 79.6 Å². The minimum Gasteiger partial charge on any atom is -0.790 e. The number of phosphoric acid groups is 3. The Morgan fingerprint density at radius 3 is 2.38 bits per heavy atom.